The lowest BCUT2D eigenvalue weighted by atomic mass is 9.98. The summed E-state index contributed by atoms with van der Waals surface area (Å²) in [5.74, 6) is -0.290. The summed E-state index contributed by atoms with van der Waals surface area (Å²) in [7, 11) is 0. The van der Waals surface area contributed by atoms with E-state index in [0.29, 0.717) is 12.0 Å². The number of benzene rings is 2. The molecule has 2 rings (SSSR count). The lowest BCUT2D eigenvalue weighted by Crippen LogP contribution is -2.51. The van der Waals surface area contributed by atoms with E-state index in [1.54, 1.807) is 38.1 Å². The maximum atomic E-state index is 13.7. The van der Waals surface area contributed by atoms with Crippen LogP contribution < -0.4 is 5.32 Å². The Morgan fingerprint density at radius 3 is 2.18 bits per heavy atom. The Kier molecular flexibility index (Phi) is 10.3. The summed E-state index contributed by atoms with van der Waals surface area (Å²) in [6.45, 7) is 7.44. The highest BCUT2D eigenvalue weighted by Crippen LogP contribution is 2.23. The van der Waals surface area contributed by atoms with Gasteiger partial charge in [-0.25, -0.2) is 4.79 Å². The lowest BCUT2D eigenvalue weighted by Gasteiger charge is -2.34. The number of carbonyl (C=O) groups is 3. The van der Waals surface area contributed by atoms with Gasteiger partial charge < -0.3 is 24.9 Å². The van der Waals surface area contributed by atoms with Gasteiger partial charge in [-0.05, 0) is 43.7 Å². The third-order valence-corrected chi connectivity index (χ3v) is 5.36. The van der Waals surface area contributed by atoms with Crippen LogP contribution in [0.2, 0.25) is 0 Å². The van der Waals surface area contributed by atoms with Crippen molar-refractivity contribution < 1.29 is 24.2 Å². The van der Waals surface area contributed by atoms with Gasteiger partial charge in [-0.1, -0.05) is 74.5 Å². The molecule has 0 spiro atoms. The van der Waals surface area contributed by atoms with E-state index in [2.05, 4.69) is 5.32 Å². The molecule has 0 bridgehead atoms. The number of nitrogens with zero attached hydrogens (tertiary/aromatic N) is 1. The predicted molar refractivity (Wildman–Crippen MR) is 131 cm³/mol. The summed E-state index contributed by atoms with van der Waals surface area (Å²) in [4.78, 5) is 39.8. The monoisotopic (exact) mass is 468 g/mol. The number of alkyl carbamates (subject to hydrolysis) is 1. The first-order chi connectivity index (χ1) is 16.1. The van der Waals surface area contributed by atoms with E-state index in [0.717, 1.165) is 11.8 Å². The highest BCUT2D eigenvalue weighted by atomic mass is 16.5. The maximum Gasteiger partial charge on any atom is 0.408 e. The molecule has 0 fully saturated rings. The summed E-state index contributed by atoms with van der Waals surface area (Å²) in [6.07, 6.45) is 0.659. The van der Waals surface area contributed by atoms with Gasteiger partial charge in [-0.15, -0.1) is 0 Å². The lowest BCUT2D eigenvalue weighted by molar-refractivity contribution is -0.139. The number of rotatable bonds is 12. The first-order valence-corrected chi connectivity index (χ1v) is 11.6. The number of nitrogens with one attached hydrogen (secondary N) is 1. The van der Waals surface area contributed by atoms with Gasteiger partial charge in [0.05, 0.1) is 5.60 Å². The molecule has 2 aromatic rings. The summed E-state index contributed by atoms with van der Waals surface area (Å²) in [6, 6.07) is 16.5. The maximum absolute atomic E-state index is 13.7. The Balaban J connectivity index is 2.24. The molecule has 0 aliphatic rings. The number of amides is 2. The van der Waals surface area contributed by atoms with E-state index < -0.39 is 29.7 Å². The number of hydrogen-bond donors (Lipinski definition) is 2. The average molecular weight is 469 g/mol. The Labute approximate surface area is 202 Å². The summed E-state index contributed by atoms with van der Waals surface area (Å²) in [5.41, 5.74) is 0.468. The van der Waals surface area contributed by atoms with E-state index in [1.165, 1.54) is 4.90 Å². The molecule has 0 radical (unpaired) electrons. The second-order valence-corrected chi connectivity index (χ2v) is 9.47. The fourth-order valence-electron chi connectivity index (χ4n) is 3.56. The van der Waals surface area contributed by atoms with Crippen LogP contribution in [-0.2, 0) is 20.9 Å². The van der Waals surface area contributed by atoms with Crippen molar-refractivity contribution in [2.45, 2.75) is 64.8 Å². The molecule has 7 heteroatoms. The molecule has 0 aliphatic carbocycles. The molecule has 34 heavy (non-hydrogen) atoms. The third-order valence-electron chi connectivity index (χ3n) is 5.36. The van der Waals surface area contributed by atoms with Crippen LogP contribution in [-0.4, -0.2) is 46.5 Å². The zero-order valence-electron chi connectivity index (χ0n) is 20.4. The van der Waals surface area contributed by atoms with E-state index in [9.17, 15) is 19.5 Å². The third kappa shape index (κ3) is 8.98. The highest BCUT2D eigenvalue weighted by Gasteiger charge is 2.33. The first-order valence-electron chi connectivity index (χ1n) is 11.6. The molecule has 2 atom stereocenters. The molecule has 0 aliphatic heterocycles. The van der Waals surface area contributed by atoms with Gasteiger partial charge in [0.25, 0.3) is 0 Å². The number of aldehydes is 1. The predicted octanol–water partition coefficient (Wildman–Crippen LogP) is 4.26. The van der Waals surface area contributed by atoms with Crippen LogP contribution in [0.25, 0.3) is 0 Å². The molecule has 7 nitrogen and oxygen atoms in total. The van der Waals surface area contributed by atoms with Crippen LogP contribution >= 0.6 is 0 Å². The van der Waals surface area contributed by atoms with Crippen LogP contribution in [0.1, 0.15) is 57.7 Å². The minimum Gasteiger partial charge on any atom is -0.445 e. The Morgan fingerprint density at radius 2 is 1.65 bits per heavy atom. The highest BCUT2D eigenvalue weighted by molar-refractivity contribution is 5.88. The molecule has 2 aromatic carbocycles. The molecular formula is C27H36N2O5. The largest absolute Gasteiger partial charge is 0.445 e. The second kappa shape index (κ2) is 12.9. The quantitative estimate of drug-likeness (QED) is 0.454. The van der Waals surface area contributed by atoms with Crippen LogP contribution in [0.5, 0.6) is 0 Å². The number of aliphatic hydroxyl groups is 1. The Hall–Kier alpha value is -3.19. The van der Waals surface area contributed by atoms with Gasteiger partial charge in [0.1, 0.15) is 25.0 Å². The van der Waals surface area contributed by atoms with Crippen molar-refractivity contribution in [1.29, 1.82) is 0 Å². The van der Waals surface area contributed by atoms with Crippen molar-refractivity contribution in [1.82, 2.24) is 10.2 Å². The van der Waals surface area contributed by atoms with Crippen LogP contribution in [0.3, 0.4) is 0 Å². The van der Waals surface area contributed by atoms with E-state index in [4.69, 9.17) is 4.74 Å². The second-order valence-electron chi connectivity index (χ2n) is 9.47. The number of ether oxygens (including phenoxy) is 1. The van der Waals surface area contributed by atoms with Gasteiger partial charge >= 0.3 is 6.09 Å². The molecule has 0 heterocycles. The molecule has 2 N–H and O–H groups in total. The van der Waals surface area contributed by atoms with Crippen LogP contribution in [0.4, 0.5) is 4.79 Å². The zero-order valence-corrected chi connectivity index (χ0v) is 20.4. The van der Waals surface area contributed by atoms with Crippen molar-refractivity contribution in [3.8, 4) is 0 Å². The Bertz CT molecular complexity index is 910. The summed E-state index contributed by atoms with van der Waals surface area (Å²) in [5, 5.41) is 13.0. The standard InChI is InChI=1S/C27H36N2O5/c1-20(2)17-23(28-26(32)34-19-21-11-7-5-8-12-21)25(31)29(16-15-27(3,4)33)24(18-30)22-13-9-6-10-14-22/h5-14,18,20,23-24,33H,15-17,19H2,1-4H3,(H,28,32). The molecule has 0 saturated carbocycles. The van der Waals surface area contributed by atoms with Gasteiger partial charge in [-0.2, -0.15) is 0 Å². The SMILES string of the molecule is CC(C)CC(NC(=O)OCc1ccccc1)C(=O)N(CCC(C)(C)O)C(C=O)c1ccccc1. The van der Waals surface area contributed by atoms with Crippen molar-refractivity contribution in [2.75, 3.05) is 6.54 Å². The van der Waals surface area contributed by atoms with Crippen molar-refractivity contribution in [2.24, 2.45) is 5.92 Å². The van der Waals surface area contributed by atoms with Crippen molar-refractivity contribution in [3.63, 3.8) is 0 Å². The normalized spacial score (nSPS) is 13.1. The molecule has 0 aromatic heterocycles. The fraction of sp³-hybridized carbons (Fsp3) is 0.444. The first kappa shape index (κ1) is 27.1. The van der Waals surface area contributed by atoms with E-state index in [1.807, 2.05) is 50.2 Å². The van der Waals surface area contributed by atoms with Crippen LogP contribution in [0, 0.1) is 5.92 Å². The Morgan fingerprint density at radius 1 is 1.06 bits per heavy atom. The van der Waals surface area contributed by atoms with Gasteiger partial charge in [0.15, 0.2) is 0 Å². The topological polar surface area (TPSA) is 95.9 Å². The van der Waals surface area contributed by atoms with Crippen LogP contribution in [0.15, 0.2) is 60.7 Å². The minimum absolute atomic E-state index is 0.0820. The zero-order chi connectivity index (χ0) is 25.1. The van der Waals surface area contributed by atoms with E-state index in [-0.39, 0.29) is 25.5 Å². The molecule has 184 valence electrons. The van der Waals surface area contributed by atoms with E-state index >= 15 is 0 Å². The van der Waals surface area contributed by atoms with Gasteiger partial charge in [0.2, 0.25) is 5.91 Å². The van der Waals surface area contributed by atoms with Crippen molar-refractivity contribution in [3.05, 3.63) is 71.8 Å². The summed E-state index contributed by atoms with van der Waals surface area (Å²) < 4.78 is 5.33. The number of hydrogen-bond acceptors (Lipinski definition) is 5. The average Bonchev–Trinajstić information content (AvgIpc) is 2.80. The molecular weight excluding hydrogens is 432 g/mol. The smallest absolute Gasteiger partial charge is 0.408 e. The molecule has 2 unspecified atom stereocenters. The number of carbonyl (C=O) groups excluding carboxylic acids is 3. The summed E-state index contributed by atoms with van der Waals surface area (Å²) >= 11 is 0. The van der Waals surface area contributed by atoms with Crippen molar-refractivity contribution >= 4 is 18.3 Å². The molecule has 2 amide bonds. The molecule has 0 saturated heterocycles. The minimum atomic E-state index is -1.03. The van der Waals surface area contributed by atoms with Gasteiger partial charge in [0, 0.05) is 6.54 Å². The fourth-order valence-corrected chi connectivity index (χ4v) is 3.56. The van der Waals surface area contributed by atoms with Gasteiger partial charge in [-0.3, -0.25) is 4.79 Å².